The van der Waals surface area contributed by atoms with Crippen LogP contribution in [0.3, 0.4) is 0 Å². The number of para-hydroxylation sites is 2. The zero-order valence-electron chi connectivity index (χ0n) is 11.8. The van der Waals surface area contributed by atoms with E-state index in [0.29, 0.717) is 20.7 Å². The van der Waals surface area contributed by atoms with Gasteiger partial charge in [0, 0.05) is 23.1 Å². The number of nitrogens with zero attached hydrogens (tertiary/aromatic N) is 1. The third-order valence-electron chi connectivity index (χ3n) is 2.87. The Labute approximate surface area is 147 Å². The number of nitrogens with one attached hydrogen (secondary N) is 1. The van der Waals surface area contributed by atoms with Gasteiger partial charge in [-0.3, -0.25) is 14.9 Å². The largest absolute Gasteiger partial charge is 0.320 e. The minimum Gasteiger partial charge on any atom is -0.320 e. The SMILES string of the molecule is O=C(CCSc1c(Cl)cccc1Cl)Nc1ccccc1[N+](=O)[O-]. The van der Waals surface area contributed by atoms with Crippen molar-refractivity contribution in [2.24, 2.45) is 0 Å². The Morgan fingerprint density at radius 3 is 2.43 bits per heavy atom. The molecule has 2 rings (SSSR count). The van der Waals surface area contributed by atoms with Gasteiger partial charge in [0.15, 0.2) is 0 Å². The molecule has 0 saturated carbocycles. The number of nitro benzene ring substituents is 1. The highest BCUT2D eigenvalue weighted by atomic mass is 35.5. The van der Waals surface area contributed by atoms with Crippen LogP contribution in [0.2, 0.25) is 10.0 Å². The van der Waals surface area contributed by atoms with E-state index in [1.807, 2.05) is 0 Å². The number of amides is 1. The highest BCUT2D eigenvalue weighted by Crippen LogP contribution is 2.34. The van der Waals surface area contributed by atoms with Crippen LogP contribution in [0.1, 0.15) is 6.42 Å². The normalized spacial score (nSPS) is 10.3. The topological polar surface area (TPSA) is 72.2 Å². The number of hydrogen-bond acceptors (Lipinski definition) is 4. The van der Waals surface area contributed by atoms with Crippen molar-refractivity contribution in [1.29, 1.82) is 0 Å². The van der Waals surface area contributed by atoms with Crippen LogP contribution < -0.4 is 5.32 Å². The molecule has 0 bridgehead atoms. The number of hydrogen-bond donors (Lipinski definition) is 1. The first-order valence-electron chi connectivity index (χ1n) is 6.59. The summed E-state index contributed by atoms with van der Waals surface area (Å²) < 4.78 is 0. The van der Waals surface area contributed by atoms with E-state index in [1.54, 1.807) is 30.3 Å². The summed E-state index contributed by atoms with van der Waals surface area (Å²) in [6.07, 6.45) is 0.179. The molecule has 0 aliphatic heterocycles. The predicted octanol–water partition coefficient (Wildman–Crippen LogP) is 5.02. The lowest BCUT2D eigenvalue weighted by Gasteiger charge is -2.07. The van der Waals surface area contributed by atoms with E-state index in [2.05, 4.69) is 5.32 Å². The van der Waals surface area contributed by atoms with Crippen LogP contribution >= 0.6 is 35.0 Å². The lowest BCUT2D eigenvalue weighted by Crippen LogP contribution is -2.13. The first-order valence-corrected chi connectivity index (χ1v) is 8.33. The Morgan fingerprint density at radius 1 is 1.13 bits per heavy atom. The molecule has 0 spiro atoms. The van der Waals surface area contributed by atoms with Gasteiger partial charge in [0.05, 0.1) is 15.0 Å². The van der Waals surface area contributed by atoms with Gasteiger partial charge < -0.3 is 5.32 Å². The van der Waals surface area contributed by atoms with Crippen molar-refractivity contribution >= 4 is 52.2 Å². The highest BCUT2D eigenvalue weighted by Gasteiger charge is 2.15. The number of carbonyl (C=O) groups is 1. The van der Waals surface area contributed by atoms with Crippen molar-refractivity contribution in [2.75, 3.05) is 11.1 Å². The zero-order chi connectivity index (χ0) is 16.8. The Kier molecular flexibility index (Phi) is 6.27. The minimum absolute atomic E-state index is 0.136. The fourth-order valence-corrected chi connectivity index (χ4v) is 3.45. The van der Waals surface area contributed by atoms with E-state index in [1.165, 1.54) is 23.9 Å². The lowest BCUT2D eigenvalue weighted by atomic mass is 10.2. The number of thioether (sulfide) groups is 1. The number of rotatable bonds is 6. The molecule has 5 nitrogen and oxygen atoms in total. The number of anilines is 1. The van der Waals surface area contributed by atoms with Crippen molar-refractivity contribution in [3.8, 4) is 0 Å². The van der Waals surface area contributed by atoms with Crippen molar-refractivity contribution in [2.45, 2.75) is 11.3 Å². The molecule has 2 aromatic carbocycles. The molecular weight excluding hydrogens is 359 g/mol. The molecule has 0 atom stereocenters. The highest BCUT2D eigenvalue weighted by molar-refractivity contribution is 7.99. The third-order valence-corrected chi connectivity index (χ3v) is 4.86. The minimum atomic E-state index is -0.534. The average Bonchev–Trinajstić information content (AvgIpc) is 2.50. The van der Waals surface area contributed by atoms with Gasteiger partial charge in [0.25, 0.3) is 5.69 Å². The van der Waals surface area contributed by atoms with Crippen LogP contribution in [-0.4, -0.2) is 16.6 Å². The number of halogens is 2. The van der Waals surface area contributed by atoms with Gasteiger partial charge in [0.2, 0.25) is 5.91 Å². The van der Waals surface area contributed by atoms with E-state index < -0.39 is 4.92 Å². The van der Waals surface area contributed by atoms with E-state index in [4.69, 9.17) is 23.2 Å². The summed E-state index contributed by atoms with van der Waals surface area (Å²) in [5, 5.41) is 14.5. The monoisotopic (exact) mass is 370 g/mol. The summed E-state index contributed by atoms with van der Waals surface area (Å²) in [5.41, 5.74) is 0.0472. The summed E-state index contributed by atoms with van der Waals surface area (Å²) >= 11 is 13.5. The zero-order valence-corrected chi connectivity index (χ0v) is 14.1. The molecule has 0 fully saturated rings. The summed E-state index contributed by atoms with van der Waals surface area (Å²) in [6.45, 7) is 0. The van der Waals surface area contributed by atoms with Crippen LogP contribution in [0.15, 0.2) is 47.4 Å². The number of nitro groups is 1. The fourth-order valence-electron chi connectivity index (χ4n) is 1.82. The quantitative estimate of drug-likeness (QED) is 0.440. The average molecular weight is 371 g/mol. The third kappa shape index (κ3) is 4.86. The van der Waals surface area contributed by atoms with Crippen LogP contribution in [0, 0.1) is 10.1 Å². The van der Waals surface area contributed by atoms with E-state index in [0.717, 1.165) is 0 Å². The van der Waals surface area contributed by atoms with Gasteiger partial charge >= 0.3 is 0 Å². The standard InChI is InChI=1S/C15H12Cl2N2O3S/c16-10-4-3-5-11(17)15(10)23-9-8-14(20)18-12-6-1-2-7-13(12)19(21)22/h1-7H,8-9H2,(H,18,20). The van der Waals surface area contributed by atoms with Crippen molar-refractivity contribution < 1.29 is 9.72 Å². The van der Waals surface area contributed by atoms with Crippen LogP contribution in [0.4, 0.5) is 11.4 Å². The lowest BCUT2D eigenvalue weighted by molar-refractivity contribution is -0.383. The molecular formula is C15H12Cl2N2O3S. The first-order chi connectivity index (χ1) is 11.0. The first kappa shape index (κ1) is 17.6. The van der Waals surface area contributed by atoms with Crippen molar-refractivity contribution in [3.63, 3.8) is 0 Å². The van der Waals surface area contributed by atoms with E-state index in [-0.39, 0.29) is 23.7 Å². The van der Waals surface area contributed by atoms with Gasteiger partial charge in [-0.25, -0.2) is 0 Å². The predicted molar refractivity (Wildman–Crippen MR) is 93.5 cm³/mol. The van der Waals surface area contributed by atoms with E-state index in [9.17, 15) is 14.9 Å². The fraction of sp³-hybridized carbons (Fsp3) is 0.133. The maximum Gasteiger partial charge on any atom is 0.292 e. The van der Waals surface area contributed by atoms with Crippen molar-refractivity contribution in [3.05, 3.63) is 62.6 Å². The maximum atomic E-state index is 11.9. The van der Waals surface area contributed by atoms with Crippen LogP contribution in [-0.2, 0) is 4.79 Å². The second kappa shape index (κ2) is 8.19. The van der Waals surface area contributed by atoms with Crippen molar-refractivity contribution in [1.82, 2.24) is 0 Å². The second-order valence-corrected chi connectivity index (χ2v) is 6.39. The molecule has 0 radical (unpaired) electrons. The Balaban J connectivity index is 1.93. The summed E-state index contributed by atoms with van der Waals surface area (Å²) in [7, 11) is 0. The molecule has 0 heterocycles. The van der Waals surface area contributed by atoms with Gasteiger partial charge in [0.1, 0.15) is 5.69 Å². The Hall–Kier alpha value is -1.76. The van der Waals surface area contributed by atoms with E-state index >= 15 is 0 Å². The second-order valence-electron chi connectivity index (χ2n) is 4.47. The summed E-state index contributed by atoms with van der Waals surface area (Å²) in [6, 6.07) is 11.2. The summed E-state index contributed by atoms with van der Waals surface area (Å²) in [4.78, 5) is 23.0. The molecule has 120 valence electrons. The Bertz CT molecular complexity index is 720. The molecule has 1 N–H and O–H groups in total. The van der Waals surface area contributed by atoms with Gasteiger partial charge in [-0.05, 0) is 18.2 Å². The van der Waals surface area contributed by atoms with Gasteiger partial charge in [-0.1, -0.05) is 41.4 Å². The number of benzene rings is 2. The molecule has 2 aromatic rings. The van der Waals surface area contributed by atoms with Crippen LogP contribution in [0.25, 0.3) is 0 Å². The maximum absolute atomic E-state index is 11.9. The summed E-state index contributed by atoms with van der Waals surface area (Å²) in [5.74, 6) is 0.144. The molecule has 0 saturated heterocycles. The molecule has 0 unspecified atom stereocenters. The van der Waals surface area contributed by atoms with Gasteiger partial charge in [-0.2, -0.15) is 0 Å². The molecule has 0 aliphatic carbocycles. The molecule has 1 amide bonds. The smallest absolute Gasteiger partial charge is 0.292 e. The molecule has 8 heteroatoms. The van der Waals surface area contributed by atoms with Crippen LogP contribution in [0.5, 0.6) is 0 Å². The van der Waals surface area contributed by atoms with Gasteiger partial charge in [-0.15, -0.1) is 11.8 Å². The molecule has 23 heavy (non-hydrogen) atoms. The molecule has 0 aromatic heterocycles. The number of carbonyl (C=O) groups excluding carboxylic acids is 1. The Morgan fingerprint density at radius 2 is 1.78 bits per heavy atom. The molecule has 0 aliphatic rings.